The zero-order chi connectivity index (χ0) is 18.0. The molecule has 5 heteroatoms. The number of carbonyl (C=O) groups excluding carboxylic acids is 1. The molecule has 5 nitrogen and oxygen atoms in total. The Balaban J connectivity index is 2.30. The Morgan fingerprint density at radius 1 is 1.25 bits per heavy atom. The zero-order valence-electron chi connectivity index (χ0n) is 15.2. The van der Waals surface area contributed by atoms with Crippen LogP contribution in [0.5, 0.6) is 0 Å². The molecule has 1 heterocycles. The number of aliphatic hydroxyl groups excluding tert-OH is 1. The third-order valence-electron chi connectivity index (χ3n) is 4.73. The first-order valence-electron chi connectivity index (χ1n) is 9.28. The van der Waals surface area contributed by atoms with Gasteiger partial charge in [-0.2, -0.15) is 0 Å². The summed E-state index contributed by atoms with van der Waals surface area (Å²) in [6.45, 7) is 4.88. The molecule has 0 spiro atoms. The van der Waals surface area contributed by atoms with E-state index in [0.29, 0.717) is 19.4 Å². The second-order valence-electron chi connectivity index (χ2n) is 7.06. The molecule has 2 atom stereocenters. The van der Waals surface area contributed by atoms with Gasteiger partial charge in [0.25, 0.3) is 0 Å². The van der Waals surface area contributed by atoms with E-state index >= 15 is 0 Å². The average molecular weight is 339 g/mol. The van der Waals surface area contributed by atoms with Crippen molar-refractivity contribution in [1.82, 2.24) is 4.90 Å². The smallest absolute Gasteiger partial charge is 0.303 e. The first kappa shape index (κ1) is 20.7. The predicted octanol–water partition coefficient (Wildman–Crippen LogP) is 3.51. The normalized spacial score (nSPS) is 22.0. The summed E-state index contributed by atoms with van der Waals surface area (Å²) < 4.78 is 0. The first-order valence-corrected chi connectivity index (χ1v) is 9.28. The van der Waals surface area contributed by atoms with Crippen molar-refractivity contribution < 1.29 is 19.8 Å². The van der Waals surface area contributed by atoms with E-state index in [1.807, 2.05) is 24.0 Å². The standard InChI is InChI=1S/C19H33NO4/c1-3-4-7-10-16(21)12-13-19(2)15-17(22)20(19)14-9-6-5-8-11-18(23)24/h12-13,16,21H,3-11,14-15H2,1-2H3,(H,23,24)/b13-12+/t16-,19?/m0/s1. The number of hydrogen-bond acceptors (Lipinski definition) is 3. The van der Waals surface area contributed by atoms with Crippen LogP contribution in [-0.4, -0.2) is 45.2 Å². The fourth-order valence-corrected chi connectivity index (χ4v) is 3.14. The Hall–Kier alpha value is -1.36. The van der Waals surface area contributed by atoms with Gasteiger partial charge >= 0.3 is 5.97 Å². The fraction of sp³-hybridized carbons (Fsp3) is 0.789. The quantitative estimate of drug-likeness (QED) is 0.306. The van der Waals surface area contributed by atoms with Gasteiger partial charge in [0.05, 0.1) is 18.1 Å². The molecule has 0 aromatic heterocycles. The van der Waals surface area contributed by atoms with Gasteiger partial charge in [0.1, 0.15) is 0 Å². The Bertz CT molecular complexity index is 435. The third-order valence-corrected chi connectivity index (χ3v) is 4.73. The summed E-state index contributed by atoms with van der Waals surface area (Å²) in [6, 6.07) is 0. The maximum Gasteiger partial charge on any atom is 0.303 e. The number of β-lactam (4-membered cyclic amide) rings is 1. The topological polar surface area (TPSA) is 77.8 Å². The molecular weight excluding hydrogens is 306 g/mol. The van der Waals surface area contributed by atoms with Gasteiger partial charge in [0.2, 0.25) is 5.91 Å². The van der Waals surface area contributed by atoms with Crippen LogP contribution in [0.25, 0.3) is 0 Å². The number of nitrogens with zero attached hydrogens (tertiary/aromatic N) is 1. The summed E-state index contributed by atoms with van der Waals surface area (Å²) in [5, 5.41) is 18.6. The fourth-order valence-electron chi connectivity index (χ4n) is 3.14. The van der Waals surface area contributed by atoms with E-state index in [0.717, 1.165) is 44.9 Å². The van der Waals surface area contributed by atoms with Gasteiger partial charge in [-0.15, -0.1) is 0 Å². The van der Waals surface area contributed by atoms with Gasteiger partial charge < -0.3 is 15.1 Å². The van der Waals surface area contributed by atoms with Crippen LogP contribution in [0.4, 0.5) is 0 Å². The lowest BCUT2D eigenvalue weighted by atomic mass is 9.84. The van der Waals surface area contributed by atoms with Gasteiger partial charge in [0, 0.05) is 13.0 Å². The van der Waals surface area contributed by atoms with Crippen molar-refractivity contribution in [2.45, 2.75) is 89.7 Å². The highest BCUT2D eigenvalue weighted by Gasteiger charge is 2.44. The second-order valence-corrected chi connectivity index (χ2v) is 7.06. The summed E-state index contributed by atoms with van der Waals surface area (Å²) >= 11 is 0. The van der Waals surface area contributed by atoms with E-state index in [2.05, 4.69) is 6.92 Å². The highest BCUT2D eigenvalue weighted by atomic mass is 16.4. The van der Waals surface area contributed by atoms with E-state index in [9.17, 15) is 14.7 Å². The summed E-state index contributed by atoms with van der Waals surface area (Å²) in [4.78, 5) is 24.2. The molecule has 1 aliphatic heterocycles. The molecule has 1 aliphatic rings. The number of carboxylic acid groups (broad SMARTS) is 1. The van der Waals surface area contributed by atoms with Crippen molar-refractivity contribution in [1.29, 1.82) is 0 Å². The zero-order valence-corrected chi connectivity index (χ0v) is 15.2. The molecule has 1 unspecified atom stereocenters. The minimum Gasteiger partial charge on any atom is -0.481 e. The van der Waals surface area contributed by atoms with Crippen molar-refractivity contribution in [3.63, 3.8) is 0 Å². The summed E-state index contributed by atoms with van der Waals surface area (Å²) in [5.41, 5.74) is -0.274. The van der Waals surface area contributed by atoms with Crippen molar-refractivity contribution in [2.75, 3.05) is 6.54 Å². The largest absolute Gasteiger partial charge is 0.481 e. The number of rotatable bonds is 13. The van der Waals surface area contributed by atoms with Gasteiger partial charge in [-0.1, -0.05) is 51.2 Å². The van der Waals surface area contributed by atoms with E-state index in [4.69, 9.17) is 5.11 Å². The number of hydrogen-bond donors (Lipinski definition) is 2. The maximum atomic E-state index is 11.9. The number of unbranched alkanes of at least 4 members (excludes halogenated alkanes) is 5. The molecule has 1 saturated heterocycles. The number of carboxylic acids is 1. The lowest BCUT2D eigenvalue weighted by Gasteiger charge is -2.48. The van der Waals surface area contributed by atoms with E-state index < -0.39 is 12.1 Å². The van der Waals surface area contributed by atoms with Crippen LogP contribution in [0, 0.1) is 0 Å². The number of likely N-dealkylation sites (tertiary alicyclic amines) is 1. The molecule has 2 N–H and O–H groups in total. The minimum absolute atomic E-state index is 0.160. The van der Waals surface area contributed by atoms with Crippen LogP contribution in [0.15, 0.2) is 12.2 Å². The first-order chi connectivity index (χ1) is 11.4. The van der Waals surface area contributed by atoms with E-state index in [-0.39, 0.29) is 17.9 Å². The number of aliphatic carboxylic acids is 1. The van der Waals surface area contributed by atoms with Gasteiger partial charge in [0.15, 0.2) is 0 Å². The predicted molar refractivity (Wildman–Crippen MR) is 94.7 cm³/mol. The molecule has 0 aromatic carbocycles. The highest BCUT2D eigenvalue weighted by molar-refractivity contribution is 5.85. The van der Waals surface area contributed by atoms with E-state index in [1.165, 1.54) is 0 Å². The SMILES string of the molecule is CCCCC[C@H](O)/C=C/C1(C)CC(=O)N1CCCCCCC(=O)O. The lowest BCUT2D eigenvalue weighted by molar-refractivity contribution is -0.151. The number of carbonyl (C=O) groups is 2. The van der Waals surface area contributed by atoms with Gasteiger partial charge in [-0.05, 0) is 26.2 Å². The lowest BCUT2D eigenvalue weighted by Crippen LogP contribution is -2.60. The minimum atomic E-state index is -0.747. The highest BCUT2D eigenvalue weighted by Crippen LogP contribution is 2.33. The van der Waals surface area contributed by atoms with Crippen molar-refractivity contribution >= 4 is 11.9 Å². The van der Waals surface area contributed by atoms with Crippen LogP contribution in [0.2, 0.25) is 0 Å². The molecule has 1 amide bonds. The van der Waals surface area contributed by atoms with Crippen LogP contribution in [0.3, 0.4) is 0 Å². The molecule has 1 rings (SSSR count). The molecule has 0 aromatic rings. The Kier molecular flexibility index (Phi) is 9.04. The third kappa shape index (κ3) is 7.04. The molecule has 1 fully saturated rings. The van der Waals surface area contributed by atoms with Crippen molar-refractivity contribution in [3.05, 3.63) is 12.2 Å². The molecule has 0 bridgehead atoms. The molecule has 0 saturated carbocycles. The monoisotopic (exact) mass is 339 g/mol. The molecular formula is C19H33NO4. The Morgan fingerprint density at radius 2 is 1.96 bits per heavy atom. The van der Waals surface area contributed by atoms with Crippen molar-refractivity contribution in [2.24, 2.45) is 0 Å². The Morgan fingerprint density at radius 3 is 2.58 bits per heavy atom. The Labute approximate surface area is 145 Å². The molecule has 138 valence electrons. The number of amides is 1. The van der Waals surface area contributed by atoms with E-state index in [1.54, 1.807) is 0 Å². The molecule has 24 heavy (non-hydrogen) atoms. The second kappa shape index (κ2) is 10.5. The number of aliphatic hydroxyl groups is 1. The van der Waals surface area contributed by atoms with Crippen molar-refractivity contribution in [3.8, 4) is 0 Å². The summed E-state index contributed by atoms with van der Waals surface area (Å²) in [7, 11) is 0. The summed E-state index contributed by atoms with van der Waals surface area (Å²) in [6.07, 6.45) is 11.6. The van der Waals surface area contributed by atoms with Gasteiger partial charge in [-0.3, -0.25) is 9.59 Å². The van der Waals surface area contributed by atoms with Gasteiger partial charge in [-0.25, -0.2) is 0 Å². The maximum absolute atomic E-state index is 11.9. The molecule has 0 aliphatic carbocycles. The summed E-state index contributed by atoms with van der Waals surface area (Å²) in [5.74, 6) is -0.587. The van der Waals surface area contributed by atoms with Crippen LogP contribution in [-0.2, 0) is 9.59 Å². The van der Waals surface area contributed by atoms with Crippen LogP contribution < -0.4 is 0 Å². The average Bonchev–Trinajstić information content (AvgIpc) is 2.51. The molecule has 0 radical (unpaired) electrons. The van der Waals surface area contributed by atoms with Crippen LogP contribution >= 0.6 is 0 Å². The van der Waals surface area contributed by atoms with Crippen LogP contribution in [0.1, 0.15) is 78.1 Å².